The Balaban J connectivity index is 2.09. The van der Waals surface area contributed by atoms with E-state index < -0.39 is 23.8 Å². The zero-order valence-electron chi connectivity index (χ0n) is 16.0. The Labute approximate surface area is 158 Å². The molecule has 2 rings (SSSR count). The molecule has 0 heterocycles. The first kappa shape index (κ1) is 20.7. The molecule has 8 heteroatoms. The van der Waals surface area contributed by atoms with Crippen molar-refractivity contribution in [3.8, 4) is 5.75 Å². The number of nitrogens with one attached hydrogen (secondary N) is 3. The second kappa shape index (κ2) is 8.85. The lowest BCUT2D eigenvalue weighted by atomic mass is 10.0. The van der Waals surface area contributed by atoms with Gasteiger partial charge in [-0.25, -0.2) is 5.48 Å². The zero-order valence-corrected chi connectivity index (χ0v) is 16.0. The van der Waals surface area contributed by atoms with Crippen LogP contribution in [-0.2, 0) is 20.8 Å². The minimum absolute atomic E-state index is 0.100. The van der Waals surface area contributed by atoms with Crippen LogP contribution in [0, 0.1) is 23.7 Å². The molecule has 1 aromatic rings. The topological polar surface area (TPSA) is 117 Å². The molecular formula is C19H27N3O5. The summed E-state index contributed by atoms with van der Waals surface area (Å²) in [4.78, 5) is 36.7. The third kappa shape index (κ3) is 4.77. The molecule has 0 spiro atoms. The summed E-state index contributed by atoms with van der Waals surface area (Å²) in [6, 6.07) is 6.47. The summed E-state index contributed by atoms with van der Waals surface area (Å²) in [7, 11) is 3.08. The third-order valence-corrected chi connectivity index (χ3v) is 5.04. The van der Waals surface area contributed by atoms with Crippen molar-refractivity contribution in [2.75, 3.05) is 14.2 Å². The van der Waals surface area contributed by atoms with Gasteiger partial charge in [0.25, 0.3) is 0 Å². The van der Waals surface area contributed by atoms with Crippen LogP contribution >= 0.6 is 0 Å². The standard InChI is InChI=1S/C19H27N3O5/c1-10(2)14-15(16(14)19(25)22-26)18(24)21-13(17(23)20-3)9-11-5-7-12(27-4)8-6-11/h5-8,10,13-16,26H,9H2,1-4H3,(H,20,23)(H,21,24)(H,22,25)/t13-,14-,15+,16+/m0/s1. The Morgan fingerprint density at radius 2 is 1.70 bits per heavy atom. The maximum Gasteiger partial charge on any atom is 0.247 e. The molecule has 0 saturated heterocycles. The molecule has 0 unspecified atom stereocenters. The number of hydrogen-bond acceptors (Lipinski definition) is 5. The summed E-state index contributed by atoms with van der Waals surface area (Å²) < 4.78 is 5.12. The van der Waals surface area contributed by atoms with Crippen LogP contribution in [0.4, 0.5) is 0 Å². The van der Waals surface area contributed by atoms with Gasteiger partial charge in [-0.1, -0.05) is 26.0 Å². The Bertz CT molecular complexity index is 689. The molecule has 1 fully saturated rings. The zero-order chi connectivity index (χ0) is 20.1. The molecule has 27 heavy (non-hydrogen) atoms. The number of methoxy groups -OCH3 is 1. The van der Waals surface area contributed by atoms with Gasteiger partial charge >= 0.3 is 0 Å². The lowest BCUT2D eigenvalue weighted by Crippen LogP contribution is -2.48. The van der Waals surface area contributed by atoms with Gasteiger partial charge in [0.05, 0.1) is 18.9 Å². The van der Waals surface area contributed by atoms with Crippen molar-refractivity contribution in [2.24, 2.45) is 23.7 Å². The van der Waals surface area contributed by atoms with Gasteiger partial charge in [-0.3, -0.25) is 19.6 Å². The van der Waals surface area contributed by atoms with Crippen molar-refractivity contribution >= 4 is 17.7 Å². The molecule has 4 N–H and O–H groups in total. The number of ether oxygens (including phenoxy) is 1. The predicted octanol–water partition coefficient (Wildman–Crippen LogP) is 0.492. The molecule has 148 valence electrons. The quantitative estimate of drug-likeness (QED) is 0.389. The lowest BCUT2D eigenvalue weighted by Gasteiger charge is -2.18. The molecule has 3 amide bonds. The highest BCUT2D eigenvalue weighted by atomic mass is 16.5. The van der Waals surface area contributed by atoms with Crippen LogP contribution in [0.5, 0.6) is 5.75 Å². The number of hydrogen-bond donors (Lipinski definition) is 4. The SMILES string of the molecule is CNC(=O)[C@H](Cc1ccc(OC)cc1)NC(=O)[C@H]1[C@H](C(=O)NO)[C@H]1C(C)C. The van der Waals surface area contributed by atoms with Gasteiger partial charge in [-0.2, -0.15) is 0 Å². The first-order valence-corrected chi connectivity index (χ1v) is 8.92. The van der Waals surface area contributed by atoms with E-state index in [1.807, 2.05) is 26.0 Å². The number of carbonyl (C=O) groups is 3. The number of likely N-dealkylation sites (N-methyl/N-ethyl adjacent to an activating group) is 1. The minimum atomic E-state index is -0.762. The molecule has 1 aliphatic carbocycles. The molecular weight excluding hydrogens is 350 g/mol. The van der Waals surface area contributed by atoms with Crippen molar-refractivity contribution < 1.29 is 24.3 Å². The van der Waals surface area contributed by atoms with Gasteiger partial charge in [0.15, 0.2) is 0 Å². The van der Waals surface area contributed by atoms with Crippen molar-refractivity contribution in [1.29, 1.82) is 0 Å². The normalized spacial score (nSPS) is 21.9. The van der Waals surface area contributed by atoms with Gasteiger partial charge in [-0.15, -0.1) is 0 Å². The van der Waals surface area contributed by atoms with E-state index in [1.54, 1.807) is 24.7 Å². The van der Waals surface area contributed by atoms with E-state index >= 15 is 0 Å². The second-order valence-corrected chi connectivity index (χ2v) is 7.08. The Hall–Kier alpha value is -2.61. The van der Waals surface area contributed by atoms with E-state index in [0.29, 0.717) is 12.2 Å². The van der Waals surface area contributed by atoms with Crippen LogP contribution in [0.1, 0.15) is 19.4 Å². The molecule has 4 atom stereocenters. The van der Waals surface area contributed by atoms with Gasteiger partial charge < -0.3 is 15.4 Å². The fraction of sp³-hybridized carbons (Fsp3) is 0.526. The first-order chi connectivity index (χ1) is 12.8. The number of amides is 3. The van der Waals surface area contributed by atoms with E-state index in [1.165, 1.54) is 7.05 Å². The van der Waals surface area contributed by atoms with E-state index in [2.05, 4.69) is 10.6 Å². The van der Waals surface area contributed by atoms with Gasteiger partial charge in [-0.05, 0) is 29.5 Å². The number of hydroxylamine groups is 1. The maximum absolute atomic E-state index is 12.7. The molecule has 0 radical (unpaired) electrons. The molecule has 0 aromatic heterocycles. The molecule has 0 aliphatic heterocycles. The Kier molecular flexibility index (Phi) is 6.79. The smallest absolute Gasteiger partial charge is 0.247 e. The molecule has 0 bridgehead atoms. The van der Waals surface area contributed by atoms with Crippen molar-refractivity contribution in [3.63, 3.8) is 0 Å². The first-order valence-electron chi connectivity index (χ1n) is 8.92. The van der Waals surface area contributed by atoms with E-state index in [-0.39, 0.29) is 23.7 Å². The van der Waals surface area contributed by atoms with Crippen LogP contribution in [-0.4, -0.2) is 43.1 Å². The molecule has 1 aliphatic rings. The van der Waals surface area contributed by atoms with E-state index in [9.17, 15) is 14.4 Å². The number of carbonyl (C=O) groups excluding carboxylic acids is 3. The molecule has 8 nitrogen and oxygen atoms in total. The minimum Gasteiger partial charge on any atom is -0.497 e. The van der Waals surface area contributed by atoms with Crippen LogP contribution in [0.3, 0.4) is 0 Å². The van der Waals surface area contributed by atoms with Crippen LogP contribution in [0.2, 0.25) is 0 Å². The lowest BCUT2D eigenvalue weighted by molar-refractivity contribution is -0.133. The number of rotatable bonds is 8. The fourth-order valence-corrected chi connectivity index (χ4v) is 3.56. The Morgan fingerprint density at radius 3 is 2.19 bits per heavy atom. The summed E-state index contributed by atoms with van der Waals surface area (Å²) in [6.07, 6.45) is 0.311. The maximum atomic E-state index is 12.7. The highest BCUT2D eigenvalue weighted by molar-refractivity contribution is 5.95. The van der Waals surface area contributed by atoms with Gasteiger partial charge in [0.1, 0.15) is 11.8 Å². The van der Waals surface area contributed by atoms with Crippen LogP contribution < -0.4 is 20.9 Å². The molecule has 1 saturated carbocycles. The summed E-state index contributed by atoms with van der Waals surface area (Å²) in [5.41, 5.74) is 2.49. The summed E-state index contributed by atoms with van der Waals surface area (Å²) in [5, 5.41) is 14.2. The summed E-state index contributed by atoms with van der Waals surface area (Å²) >= 11 is 0. The van der Waals surface area contributed by atoms with Crippen LogP contribution in [0.25, 0.3) is 0 Å². The van der Waals surface area contributed by atoms with Crippen LogP contribution in [0.15, 0.2) is 24.3 Å². The van der Waals surface area contributed by atoms with Crippen molar-refractivity contribution in [1.82, 2.24) is 16.1 Å². The average molecular weight is 377 g/mol. The van der Waals surface area contributed by atoms with E-state index in [4.69, 9.17) is 9.94 Å². The average Bonchev–Trinajstić information content (AvgIpc) is 3.43. The second-order valence-electron chi connectivity index (χ2n) is 7.08. The van der Waals surface area contributed by atoms with Gasteiger partial charge in [0.2, 0.25) is 17.7 Å². The monoisotopic (exact) mass is 377 g/mol. The van der Waals surface area contributed by atoms with Crippen molar-refractivity contribution in [3.05, 3.63) is 29.8 Å². The molecule has 1 aromatic carbocycles. The third-order valence-electron chi connectivity index (χ3n) is 5.04. The van der Waals surface area contributed by atoms with Gasteiger partial charge in [0, 0.05) is 13.5 Å². The summed E-state index contributed by atoms with van der Waals surface area (Å²) in [6.45, 7) is 3.84. The van der Waals surface area contributed by atoms with Crippen molar-refractivity contribution in [2.45, 2.75) is 26.3 Å². The predicted molar refractivity (Wildman–Crippen MR) is 97.9 cm³/mol. The Morgan fingerprint density at radius 1 is 1.11 bits per heavy atom. The highest BCUT2D eigenvalue weighted by Crippen LogP contribution is 2.51. The largest absolute Gasteiger partial charge is 0.497 e. The van der Waals surface area contributed by atoms with E-state index in [0.717, 1.165) is 5.56 Å². The highest BCUT2D eigenvalue weighted by Gasteiger charge is 2.60. The summed E-state index contributed by atoms with van der Waals surface area (Å²) in [5.74, 6) is -1.74. The fourth-order valence-electron chi connectivity index (χ4n) is 3.56. The number of benzene rings is 1.